The first-order valence-electron chi connectivity index (χ1n) is 6.45. The van der Waals surface area contributed by atoms with Gasteiger partial charge in [0.15, 0.2) is 0 Å². The molecule has 0 bridgehead atoms. The van der Waals surface area contributed by atoms with Gasteiger partial charge in [0, 0.05) is 6.54 Å². The Balaban J connectivity index is 1.99. The predicted octanol–water partition coefficient (Wildman–Crippen LogP) is 1.59. The lowest BCUT2D eigenvalue weighted by Crippen LogP contribution is -2.36. The van der Waals surface area contributed by atoms with Crippen LogP contribution in [0.2, 0.25) is 0 Å². The molecule has 1 rings (SSSR count). The number of hydrogen-bond acceptors (Lipinski definition) is 3. The number of nitrogens with one attached hydrogen (secondary N) is 1. The van der Waals surface area contributed by atoms with Crippen LogP contribution in [0.15, 0.2) is 0 Å². The lowest BCUT2D eigenvalue weighted by molar-refractivity contribution is 0.00689. The van der Waals surface area contributed by atoms with E-state index in [-0.39, 0.29) is 0 Å². The van der Waals surface area contributed by atoms with Gasteiger partial charge < -0.3 is 15.0 Å². The highest BCUT2D eigenvalue weighted by molar-refractivity contribution is 4.72. The van der Waals surface area contributed by atoms with Crippen molar-refractivity contribution in [1.29, 1.82) is 0 Å². The fourth-order valence-corrected chi connectivity index (χ4v) is 2.21. The van der Waals surface area contributed by atoms with Gasteiger partial charge in [0.1, 0.15) is 6.61 Å². The van der Waals surface area contributed by atoms with Crippen LogP contribution in [-0.4, -0.2) is 57.8 Å². The molecule has 102 valence electrons. The topological polar surface area (TPSA) is 24.5 Å². The van der Waals surface area contributed by atoms with Crippen LogP contribution in [0.4, 0.5) is 8.78 Å². The summed E-state index contributed by atoms with van der Waals surface area (Å²) in [4.78, 5) is 2.31. The molecule has 1 N–H and O–H groups in total. The summed E-state index contributed by atoms with van der Waals surface area (Å²) >= 11 is 0. The summed E-state index contributed by atoms with van der Waals surface area (Å²) in [6.45, 7) is 4.01. The van der Waals surface area contributed by atoms with E-state index >= 15 is 0 Å². The first-order chi connectivity index (χ1) is 8.22. The van der Waals surface area contributed by atoms with Crippen molar-refractivity contribution >= 4 is 0 Å². The van der Waals surface area contributed by atoms with Crippen LogP contribution in [0.1, 0.15) is 19.3 Å². The molecule has 1 fully saturated rings. The zero-order valence-corrected chi connectivity index (χ0v) is 10.6. The minimum atomic E-state index is -2.35. The number of hydrogen-bond donors (Lipinski definition) is 1. The molecular formula is C12H24F2N2O. The van der Waals surface area contributed by atoms with Crippen LogP contribution in [0.5, 0.6) is 0 Å². The maximum absolute atomic E-state index is 11.8. The lowest BCUT2D eigenvalue weighted by atomic mass is 9.93. The summed E-state index contributed by atoms with van der Waals surface area (Å²) in [6.07, 6.45) is 1.33. The molecule has 1 saturated heterocycles. The predicted molar refractivity (Wildman–Crippen MR) is 64.5 cm³/mol. The zero-order chi connectivity index (χ0) is 12.5. The fourth-order valence-electron chi connectivity index (χ4n) is 2.21. The van der Waals surface area contributed by atoms with Crippen LogP contribution in [0.25, 0.3) is 0 Å². The molecule has 3 nitrogen and oxygen atoms in total. The standard InChI is InChI=1S/C12H24F2N2O/c1-15-5-2-11-3-6-16(7-4-11)8-9-17-10-12(13)14/h11-12,15H,2-10H2,1H3. The first-order valence-corrected chi connectivity index (χ1v) is 6.45. The molecule has 1 aliphatic rings. The largest absolute Gasteiger partial charge is 0.374 e. The molecule has 0 aromatic heterocycles. The Morgan fingerprint density at radius 1 is 1.35 bits per heavy atom. The molecule has 0 atom stereocenters. The molecule has 0 radical (unpaired) electrons. The zero-order valence-electron chi connectivity index (χ0n) is 10.6. The molecular weight excluding hydrogens is 226 g/mol. The summed E-state index contributed by atoms with van der Waals surface area (Å²) in [5.41, 5.74) is 0. The van der Waals surface area contributed by atoms with Gasteiger partial charge >= 0.3 is 0 Å². The van der Waals surface area contributed by atoms with Crippen LogP contribution < -0.4 is 5.32 Å². The second-order valence-electron chi connectivity index (χ2n) is 4.64. The van der Waals surface area contributed by atoms with Crippen molar-refractivity contribution in [2.24, 2.45) is 5.92 Å². The van der Waals surface area contributed by atoms with Gasteiger partial charge in [-0.15, -0.1) is 0 Å². The smallest absolute Gasteiger partial charge is 0.261 e. The molecule has 0 amide bonds. The minimum absolute atomic E-state index is 0.422. The quantitative estimate of drug-likeness (QED) is 0.662. The van der Waals surface area contributed by atoms with Crippen LogP contribution in [0, 0.1) is 5.92 Å². The Bertz CT molecular complexity index is 185. The van der Waals surface area contributed by atoms with E-state index in [0.717, 1.165) is 32.1 Å². The highest BCUT2D eigenvalue weighted by Gasteiger charge is 2.18. The van der Waals surface area contributed by atoms with E-state index in [0.29, 0.717) is 6.61 Å². The molecule has 5 heteroatoms. The fraction of sp³-hybridized carbons (Fsp3) is 1.00. The third-order valence-electron chi connectivity index (χ3n) is 3.31. The highest BCUT2D eigenvalue weighted by atomic mass is 19.3. The number of ether oxygens (including phenoxy) is 1. The monoisotopic (exact) mass is 250 g/mol. The number of rotatable bonds is 8. The third kappa shape index (κ3) is 6.91. The molecule has 0 aliphatic carbocycles. The summed E-state index contributed by atoms with van der Waals surface area (Å²) in [5, 5.41) is 3.17. The van der Waals surface area contributed by atoms with E-state index in [2.05, 4.69) is 10.2 Å². The van der Waals surface area contributed by atoms with Gasteiger partial charge in [-0.2, -0.15) is 0 Å². The Morgan fingerprint density at radius 2 is 2.06 bits per heavy atom. The van der Waals surface area contributed by atoms with E-state index < -0.39 is 13.0 Å². The van der Waals surface area contributed by atoms with Crippen molar-refractivity contribution in [1.82, 2.24) is 10.2 Å². The molecule has 0 aromatic carbocycles. The van der Waals surface area contributed by atoms with E-state index in [4.69, 9.17) is 4.74 Å². The lowest BCUT2D eigenvalue weighted by Gasteiger charge is -2.31. The Morgan fingerprint density at radius 3 is 2.65 bits per heavy atom. The van der Waals surface area contributed by atoms with Gasteiger partial charge in [-0.1, -0.05) is 0 Å². The minimum Gasteiger partial charge on any atom is -0.374 e. The number of likely N-dealkylation sites (tertiary alicyclic amines) is 1. The van der Waals surface area contributed by atoms with Crippen molar-refractivity contribution < 1.29 is 13.5 Å². The van der Waals surface area contributed by atoms with Gasteiger partial charge in [-0.25, -0.2) is 8.78 Å². The van der Waals surface area contributed by atoms with Crippen molar-refractivity contribution in [2.45, 2.75) is 25.7 Å². The second kappa shape index (κ2) is 8.78. The van der Waals surface area contributed by atoms with Gasteiger partial charge in [-0.05, 0) is 51.9 Å². The number of alkyl halides is 2. The van der Waals surface area contributed by atoms with E-state index in [1.807, 2.05) is 7.05 Å². The summed E-state index contributed by atoms with van der Waals surface area (Å²) < 4.78 is 28.5. The van der Waals surface area contributed by atoms with Crippen LogP contribution >= 0.6 is 0 Å². The molecule has 0 unspecified atom stereocenters. The van der Waals surface area contributed by atoms with Gasteiger partial charge in [0.05, 0.1) is 6.61 Å². The normalized spacial score (nSPS) is 19.1. The molecule has 0 saturated carbocycles. The van der Waals surface area contributed by atoms with E-state index in [1.165, 1.54) is 19.3 Å². The van der Waals surface area contributed by atoms with Crippen molar-refractivity contribution in [3.63, 3.8) is 0 Å². The Kier molecular flexibility index (Phi) is 7.64. The summed E-state index contributed by atoms with van der Waals surface area (Å²) in [5.74, 6) is 0.820. The maximum Gasteiger partial charge on any atom is 0.261 e. The van der Waals surface area contributed by atoms with Gasteiger partial charge in [0.2, 0.25) is 0 Å². The van der Waals surface area contributed by atoms with Crippen molar-refractivity contribution in [2.75, 3.05) is 46.4 Å². The number of halogens is 2. The van der Waals surface area contributed by atoms with Crippen molar-refractivity contribution in [3.8, 4) is 0 Å². The molecule has 1 aliphatic heterocycles. The Hall–Kier alpha value is -0.260. The van der Waals surface area contributed by atoms with Crippen molar-refractivity contribution in [3.05, 3.63) is 0 Å². The third-order valence-corrected chi connectivity index (χ3v) is 3.31. The molecule has 1 heterocycles. The SMILES string of the molecule is CNCCC1CCN(CCOCC(F)F)CC1. The van der Waals surface area contributed by atoms with E-state index in [1.54, 1.807) is 0 Å². The van der Waals surface area contributed by atoms with E-state index in [9.17, 15) is 8.78 Å². The number of piperidine rings is 1. The average molecular weight is 250 g/mol. The molecule has 0 aromatic rings. The first kappa shape index (κ1) is 14.8. The second-order valence-corrected chi connectivity index (χ2v) is 4.64. The van der Waals surface area contributed by atoms with Gasteiger partial charge in [0.25, 0.3) is 6.43 Å². The number of nitrogens with zero attached hydrogens (tertiary/aromatic N) is 1. The van der Waals surface area contributed by atoms with Crippen LogP contribution in [-0.2, 0) is 4.74 Å². The molecule has 0 spiro atoms. The average Bonchev–Trinajstić information content (AvgIpc) is 2.33. The summed E-state index contributed by atoms with van der Waals surface area (Å²) in [6, 6.07) is 0. The van der Waals surface area contributed by atoms with Crippen LogP contribution in [0.3, 0.4) is 0 Å². The summed E-state index contributed by atoms with van der Waals surface area (Å²) in [7, 11) is 1.98. The Labute approximate surface area is 103 Å². The highest BCUT2D eigenvalue weighted by Crippen LogP contribution is 2.19. The van der Waals surface area contributed by atoms with Gasteiger partial charge in [-0.3, -0.25) is 0 Å². The molecule has 17 heavy (non-hydrogen) atoms. The maximum atomic E-state index is 11.8.